The van der Waals surface area contributed by atoms with Crippen molar-refractivity contribution < 1.29 is 23.9 Å². The number of hydrogen-bond donors (Lipinski definition) is 2. The van der Waals surface area contributed by atoms with E-state index >= 15 is 0 Å². The van der Waals surface area contributed by atoms with Crippen LogP contribution < -0.4 is 20.1 Å². The minimum Gasteiger partial charge on any atom is -0.496 e. The second kappa shape index (κ2) is 8.33. The van der Waals surface area contributed by atoms with E-state index in [-0.39, 0.29) is 17.7 Å². The number of aromatic nitrogens is 1. The summed E-state index contributed by atoms with van der Waals surface area (Å²) in [6.07, 6.45) is 0.865. The lowest BCUT2D eigenvalue weighted by Crippen LogP contribution is -2.61. The minimum atomic E-state index is -0.884. The van der Waals surface area contributed by atoms with Crippen LogP contribution in [0.3, 0.4) is 0 Å². The molecule has 0 radical (unpaired) electrons. The first-order valence-electron chi connectivity index (χ1n) is 11.0. The van der Waals surface area contributed by atoms with Crippen LogP contribution in [0.5, 0.6) is 11.5 Å². The Hall–Kier alpha value is -4.14. The van der Waals surface area contributed by atoms with Gasteiger partial charge in [0, 0.05) is 50.0 Å². The number of ether oxygens (including phenoxy) is 2. The van der Waals surface area contributed by atoms with Crippen LogP contribution in [0.1, 0.15) is 40.6 Å². The molecule has 2 aliphatic heterocycles. The predicted molar refractivity (Wildman–Crippen MR) is 125 cm³/mol. The van der Waals surface area contributed by atoms with Crippen molar-refractivity contribution in [3.63, 3.8) is 0 Å². The summed E-state index contributed by atoms with van der Waals surface area (Å²) in [6.45, 7) is 2.20. The zero-order chi connectivity index (χ0) is 23.9. The van der Waals surface area contributed by atoms with E-state index in [1.807, 2.05) is 24.3 Å². The molecule has 1 spiro atoms. The van der Waals surface area contributed by atoms with Crippen LogP contribution in [0.15, 0.2) is 48.5 Å². The monoisotopic (exact) mass is 460 g/mol. The highest BCUT2D eigenvalue weighted by Gasteiger charge is 2.43. The number of amides is 3. The molecule has 2 aliphatic rings. The van der Waals surface area contributed by atoms with Gasteiger partial charge in [0.05, 0.1) is 18.2 Å². The molecule has 1 saturated heterocycles. The third-order valence-electron chi connectivity index (χ3n) is 6.17. The van der Waals surface area contributed by atoms with E-state index in [0.29, 0.717) is 59.9 Å². The molecule has 5 rings (SSSR count). The van der Waals surface area contributed by atoms with Gasteiger partial charge in [0.2, 0.25) is 5.91 Å². The molecule has 174 valence electrons. The van der Waals surface area contributed by atoms with Gasteiger partial charge in [-0.25, -0.2) is 4.98 Å². The van der Waals surface area contributed by atoms with Crippen LogP contribution in [0.2, 0.25) is 0 Å². The molecule has 3 aromatic rings. The lowest BCUT2D eigenvalue weighted by molar-refractivity contribution is -0.114. The summed E-state index contributed by atoms with van der Waals surface area (Å²) in [6, 6.07) is 14.2. The highest BCUT2D eigenvalue weighted by Crippen LogP contribution is 2.35. The Kier molecular flexibility index (Phi) is 5.31. The molecule has 0 atom stereocenters. The molecular formula is C25H24N4O5. The number of pyridine rings is 1. The SMILES string of the molecule is COc1cc(C(=O)N2CCC3(CC2)NC(=O)c2cc(NC(C)=O)ccc2O3)nc2ccccc12. The number of nitrogens with zero attached hydrogens (tertiary/aromatic N) is 2. The van der Waals surface area contributed by atoms with Crippen molar-refractivity contribution in [2.75, 3.05) is 25.5 Å². The number of fused-ring (bicyclic) bond motifs is 2. The molecule has 0 saturated carbocycles. The quantitative estimate of drug-likeness (QED) is 0.622. The fraction of sp³-hybridized carbons (Fsp3) is 0.280. The van der Waals surface area contributed by atoms with Gasteiger partial charge in [-0.3, -0.25) is 14.4 Å². The number of hydrogen-bond acceptors (Lipinski definition) is 6. The Morgan fingerprint density at radius 2 is 1.91 bits per heavy atom. The summed E-state index contributed by atoms with van der Waals surface area (Å²) in [7, 11) is 1.57. The number of rotatable bonds is 3. The highest BCUT2D eigenvalue weighted by molar-refractivity contribution is 6.00. The lowest BCUT2D eigenvalue weighted by atomic mass is 9.96. The molecule has 0 bridgehead atoms. The van der Waals surface area contributed by atoms with Gasteiger partial charge in [-0.15, -0.1) is 0 Å². The van der Waals surface area contributed by atoms with Crippen molar-refractivity contribution in [3.05, 3.63) is 59.8 Å². The maximum Gasteiger partial charge on any atom is 0.272 e. The zero-order valence-corrected chi connectivity index (χ0v) is 18.9. The first-order valence-corrected chi connectivity index (χ1v) is 11.0. The molecule has 1 aromatic heterocycles. The van der Waals surface area contributed by atoms with Gasteiger partial charge in [-0.05, 0) is 30.3 Å². The molecule has 9 heteroatoms. The van der Waals surface area contributed by atoms with E-state index in [0.717, 1.165) is 5.39 Å². The second-order valence-corrected chi connectivity index (χ2v) is 8.46. The smallest absolute Gasteiger partial charge is 0.272 e. The Labute approximate surface area is 196 Å². The number of benzene rings is 2. The van der Waals surface area contributed by atoms with Crippen molar-refractivity contribution in [2.24, 2.45) is 0 Å². The number of nitrogens with one attached hydrogen (secondary N) is 2. The van der Waals surface area contributed by atoms with Crippen molar-refractivity contribution in [3.8, 4) is 11.5 Å². The average molecular weight is 460 g/mol. The van der Waals surface area contributed by atoms with Crippen LogP contribution in [0.4, 0.5) is 5.69 Å². The normalized spacial score (nSPS) is 16.4. The minimum absolute atomic E-state index is 0.193. The first kappa shape index (κ1) is 21.7. The van der Waals surface area contributed by atoms with Crippen LogP contribution in [0, 0.1) is 0 Å². The number of carbonyl (C=O) groups excluding carboxylic acids is 3. The van der Waals surface area contributed by atoms with Crippen LogP contribution >= 0.6 is 0 Å². The topological polar surface area (TPSA) is 110 Å². The van der Waals surface area contributed by atoms with Crippen molar-refractivity contribution in [2.45, 2.75) is 25.5 Å². The Morgan fingerprint density at radius 1 is 1.15 bits per heavy atom. The summed E-state index contributed by atoms with van der Waals surface area (Å²) in [5.41, 5.74) is 1.01. The maximum absolute atomic E-state index is 13.2. The Bertz CT molecular complexity index is 1310. The van der Waals surface area contributed by atoms with Gasteiger partial charge in [-0.1, -0.05) is 12.1 Å². The van der Waals surface area contributed by atoms with Gasteiger partial charge in [0.25, 0.3) is 11.8 Å². The Morgan fingerprint density at radius 3 is 2.65 bits per heavy atom. The van der Waals surface area contributed by atoms with Gasteiger partial charge in [-0.2, -0.15) is 0 Å². The standard InChI is InChI=1S/C25H24N4O5/c1-15(30)26-16-7-8-21-18(13-16)23(31)28-25(34-21)9-11-29(12-10-25)24(32)20-14-22(33-2)17-5-3-4-6-19(17)27-20/h3-8,13-14H,9-12H2,1-2H3,(H,26,30)(H,28,31). The molecule has 34 heavy (non-hydrogen) atoms. The van der Waals surface area contributed by atoms with Crippen molar-refractivity contribution >= 4 is 34.3 Å². The molecule has 1 fully saturated rings. The van der Waals surface area contributed by atoms with Crippen molar-refractivity contribution in [1.29, 1.82) is 0 Å². The number of carbonyl (C=O) groups is 3. The predicted octanol–water partition coefficient (Wildman–Crippen LogP) is 2.96. The number of anilines is 1. The third kappa shape index (κ3) is 3.89. The summed E-state index contributed by atoms with van der Waals surface area (Å²) < 4.78 is 11.7. The van der Waals surface area contributed by atoms with E-state index < -0.39 is 5.72 Å². The summed E-state index contributed by atoms with van der Waals surface area (Å²) in [5, 5.41) is 6.47. The largest absolute Gasteiger partial charge is 0.496 e. The molecule has 2 N–H and O–H groups in total. The van der Waals surface area contributed by atoms with E-state index in [4.69, 9.17) is 9.47 Å². The summed E-state index contributed by atoms with van der Waals surface area (Å²) >= 11 is 0. The van der Waals surface area contributed by atoms with Crippen LogP contribution in [-0.2, 0) is 4.79 Å². The van der Waals surface area contributed by atoms with Crippen molar-refractivity contribution in [1.82, 2.24) is 15.2 Å². The molecule has 3 heterocycles. The Balaban J connectivity index is 1.32. The van der Waals surface area contributed by atoms with Gasteiger partial charge < -0.3 is 25.0 Å². The number of para-hydroxylation sites is 1. The molecule has 9 nitrogen and oxygen atoms in total. The fourth-order valence-corrected chi connectivity index (χ4v) is 4.47. The summed E-state index contributed by atoms with van der Waals surface area (Å²) in [5.74, 6) is 0.374. The van der Waals surface area contributed by atoms with Gasteiger partial charge in [0.15, 0.2) is 5.72 Å². The lowest BCUT2D eigenvalue weighted by Gasteiger charge is -2.44. The van der Waals surface area contributed by atoms with E-state index in [1.54, 1.807) is 36.3 Å². The molecule has 0 aliphatic carbocycles. The van der Waals surface area contributed by atoms with Crippen LogP contribution in [-0.4, -0.2) is 53.5 Å². The van der Waals surface area contributed by atoms with E-state index in [2.05, 4.69) is 15.6 Å². The third-order valence-corrected chi connectivity index (χ3v) is 6.17. The number of likely N-dealkylation sites (tertiary alicyclic amines) is 1. The van der Waals surface area contributed by atoms with Gasteiger partial charge >= 0.3 is 0 Å². The number of piperidine rings is 1. The van der Waals surface area contributed by atoms with Crippen LogP contribution in [0.25, 0.3) is 10.9 Å². The maximum atomic E-state index is 13.2. The van der Waals surface area contributed by atoms with E-state index in [9.17, 15) is 14.4 Å². The highest BCUT2D eigenvalue weighted by atomic mass is 16.5. The van der Waals surface area contributed by atoms with Gasteiger partial charge in [0.1, 0.15) is 17.2 Å². The van der Waals surface area contributed by atoms with E-state index in [1.165, 1.54) is 6.92 Å². The second-order valence-electron chi connectivity index (χ2n) is 8.46. The molecular weight excluding hydrogens is 436 g/mol. The molecule has 2 aromatic carbocycles. The summed E-state index contributed by atoms with van der Waals surface area (Å²) in [4.78, 5) is 43.6. The molecule has 0 unspecified atom stereocenters. The zero-order valence-electron chi connectivity index (χ0n) is 18.9. The molecule has 3 amide bonds. The fourth-order valence-electron chi connectivity index (χ4n) is 4.47. The first-order chi connectivity index (χ1) is 16.4. The average Bonchev–Trinajstić information content (AvgIpc) is 2.83. The number of methoxy groups -OCH3 is 1.